The lowest BCUT2D eigenvalue weighted by Gasteiger charge is -2.35. The Kier molecular flexibility index (Phi) is 22.3. The number of aryl methyl sites for hydroxylation is 1. The largest absolute Gasteiger partial charge is 0.391 e. The third-order valence-electron chi connectivity index (χ3n) is 13.4. The van der Waals surface area contributed by atoms with Gasteiger partial charge in [0.1, 0.15) is 18.7 Å². The van der Waals surface area contributed by atoms with Crippen LogP contribution < -0.4 is 21.3 Å². The second kappa shape index (κ2) is 29.3. The van der Waals surface area contributed by atoms with E-state index in [1.165, 1.54) is 21.3 Å². The van der Waals surface area contributed by atoms with Crippen molar-refractivity contribution in [1.29, 1.82) is 0 Å². The number of hydrogen-bond donors (Lipinski definition) is 5. The Labute approximate surface area is 465 Å². The van der Waals surface area contributed by atoms with E-state index in [0.717, 1.165) is 33.0 Å². The second-order valence-corrected chi connectivity index (χ2v) is 23.2. The van der Waals surface area contributed by atoms with Crippen molar-refractivity contribution in [2.45, 2.75) is 89.7 Å². The molecule has 3 aromatic heterocycles. The van der Waals surface area contributed by atoms with Crippen LogP contribution in [0.4, 0.5) is 10.5 Å². The average molecular weight is 1130 g/mol. The molecule has 2 aromatic carbocycles. The summed E-state index contributed by atoms with van der Waals surface area (Å²) in [4.78, 5) is 66.2. The monoisotopic (exact) mass is 1130 g/mol. The molecule has 7 rings (SSSR count). The molecule has 428 valence electrons. The second-order valence-electron chi connectivity index (χ2n) is 20.4. The first kappa shape index (κ1) is 60.4. The third-order valence-corrected chi connectivity index (χ3v) is 16.3. The fourth-order valence-corrected chi connectivity index (χ4v) is 11.2. The Morgan fingerprint density at radius 1 is 0.861 bits per heavy atom. The normalized spacial score (nSPS) is 17.1. The number of aliphatic hydroxyl groups excluding tert-OH is 1. The lowest BCUT2D eigenvalue weighted by atomic mass is 9.85. The van der Waals surface area contributed by atoms with Crippen molar-refractivity contribution >= 4 is 50.8 Å². The number of aliphatic hydroxyl groups is 1. The van der Waals surface area contributed by atoms with Crippen molar-refractivity contribution in [3.63, 3.8) is 0 Å². The van der Waals surface area contributed by atoms with Crippen LogP contribution in [0.1, 0.15) is 62.7 Å². The van der Waals surface area contributed by atoms with Crippen LogP contribution in [-0.4, -0.2) is 187 Å². The summed E-state index contributed by atoms with van der Waals surface area (Å²) < 4.78 is 52.4. The van der Waals surface area contributed by atoms with Crippen molar-refractivity contribution < 1.29 is 51.6 Å². The maximum atomic E-state index is 14.0. The molecule has 25 heteroatoms. The SMILES string of the molecule is Cc1ncsc1-c1ccc(C(C)NC(=O)C2CC(O)CN2C(=O)C(NC(=O)COCCOCCOCCOCCn2cc(CCN3CCN(S(=O)(=O)c4ccc(NC(=O)NCc5cccnc5)cc4)CC3)nn2)C(C)(C)C)cc1. The van der Waals surface area contributed by atoms with Gasteiger partial charge in [0, 0.05) is 82.9 Å². The molecule has 2 aliphatic heterocycles. The number of nitrogens with one attached hydrogen (secondary N) is 4. The Bertz CT molecular complexity index is 2840. The first-order valence-corrected chi connectivity index (χ1v) is 28.8. The number of carbonyl (C=O) groups excluding carboxylic acids is 4. The van der Waals surface area contributed by atoms with Crippen molar-refractivity contribution in [1.82, 2.24) is 55.0 Å². The Balaban J connectivity index is 0.694. The molecule has 23 nitrogen and oxygen atoms in total. The number of nitrogens with zero attached hydrogens (tertiary/aromatic N) is 8. The van der Waals surface area contributed by atoms with Gasteiger partial charge in [-0.3, -0.25) is 19.4 Å². The Hall–Kier alpha value is -6.29. The fourth-order valence-electron chi connectivity index (χ4n) is 8.95. The fraction of sp³-hybridized carbons (Fsp3) is 0.519. The summed E-state index contributed by atoms with van der Waals surface area (Å²) in [5.41, 5.74) is 6.14. The maximum absolute atomic E-state index is 14.0. The molecule has 0 radical (unpaired) electrons. The number of pyridine rings is 1. The van der Waals surface area contributed by atoms with Crippen LogP contribution in [0.5, 0.6) is 0 Å². The van der Waals surface area contributed by atoms with E-state index in [4.69, 9.17) is 18.9 Å². The summed E-state index contributed by atoms with van der Waals surface area (Å²) in [5, 5.41) is 30.4. The van der Waals surface area contributed by atoms with Gasteiger partial charge in [0.15, 0.2) is 0 Å². The number of hydrogen-bond acceptors (Lipinski definition) is 17. The molecule has 0 aliphatic carbocycles. The third kappa shape index (κ3) is 18.1. The first-order valence-electron chi connectivity index (χ1n) is 26.5. The number of anilines is 1. The number of urea groups is 1. The number of ether oxygens (including phenoxy) is 4. The summed E-state index contributed by atoms with van der Waals surface area (Å²) in [6.45, 7) is 14.6. The van der Waals surface area contributed by atoms with Crippen LogP contribution in [0, 0.1) is 12.3 Å². The highest BCUT2D eigenvalue weighted by Crippen LogP contribution is 2.30. The van der Waals surface area contributed by atoms with E-state index in [2.05, 4.69) is 46.4 Å². The quantitative estimate of drug-likeness (QED) is 0.0449. The Morgan fingerprint density at radius 2 is 1.54 bits per heavy atom. The number of rotatable bonds is 28. The van der Waals surface area contributed by atoms with Gasteiger partial charge in [-0.15, -0.1) is 16.4 Å². The lowest BCUT2D eigenvalue weighted by molar-refractivity contribution is -0.144. The predicted octanol–water partition coefficient (Wildman–Crippen LogP) is 3.41. The summed E-state index contributed by atoms with van der Waals surface area (Å²) >= 11 is 1.57. The molecule has 0 saturated carbocycles. The van der Waals surface area contributed by atoms with E-state index in [1.54, 1.807) is 46.6 Å². The van der Waals surface area contributed by atoms with Crippen molar-refractivity contribution in [2.75, 3.05) is 97.4 Å². The molecule has 4 atom stereocenters. The molecular weight excluding hydrogens is 1060 g/mol. The van der Waals surface area contributed by atoms with Crippen molar-refractivity contribution in [3.05, 3.63) is 107 Å². The summed E-state index contributed by atoms with van der Waals surface area (Å²) in [6.07, 6.45) is 5.06. The highest BCUT2D eigenvalue weighted by atomic mass is 32.2. The number of β-amino-alcohol motifs (C(OH)–C–C–N with tert-alkyl or cyclic N) is 1. The molecule has 2 aliphatic rings. The zero-order valence-corrected chi connectivity index (χ0v) is 47.2. The molecule has 5 N–H and O–H groups in total. The van der Waals surface area contributed by atoms with Gasteiger partial charge in [0.05, 0.1) is 91.6 Å². The van der Waals surface area contributed by atoms with Crippen LogP contribution in [0.2, 0.25) is 0 Å². The number of sulfonamides is 1. The van der Waals surface area contributed by atoms with Crippen LogP contribution in [-0.2, 0) is 62.9 Å². The van der Waals surface area contributed by atoms with E-state index in [0.29, 0.717) is 91.0 Å². The van der Waals surface area contributed by atoms with Gasteiger partial charge in [-0.25, -0.2) is 22.9 Å². The van der Waals surface area contributed by atoms with Crippen LogP contribution >= 0.6 is 11.3 Å². The molecule has 5 heterocycles. The van der Waals surface area contributed by atoms with E-state index in [9.17, 15) is 32.7 Å². The molecule has 5 aromatic rings. The summed E-state index contributed by atoms with van der Waals surface area (Å²) in [5.74, 6) is -1.34. The molecule has 2 fully saturated rings. The predicted molar refractivity (Wildman–Crippen MR) is 295 cm³/mol. The minimum Gasteiger partial charge on any atom is -0.391 e. The van der Waals surface area contributed by atoms with E-state index >= 15 is 0 Å². The van der Waals surface area contributed by atoms with E-state index in [-0.39, 0.29) is 49.6 Å². The molecule has 2 saturated heterocycles. The van der Waals surface area contributed by atoms with Gasteiger partial charge in [0.25, 0.3) is 0 Å². The van der Waals surface area contributed by atoms with Gasteiger partial charge in [-0.2, -0.15) is 4.31 Å². The number of benzene rings is 2. The number of thiazole rings is 1. The molecule has 5 amide bonds. The number of aromatic nitrogens is 5. The van der Waals surface area contributed by atoms with Gasteiger partial charge in [-0.1, -0.05) is 56.3 Å². The zero-order chi connectivity index (χ0) is 56.4. The lowest BCUT2D eigenvalue weighted by Crippen LogP contribution is -2.58. The zero-order valence-electron chi connectivity index (χ0n) is 45.5. The standard InChI is InChI=1S/C54H74N12O11S2/c1-38(41-8-10-42(11-9-41)49-39(2)57-37-78-49)58-51(69)47-31-45(67)35-66(47)52(70)50(54(3,4)5)60-48(68)36-77-30-29-76-28-27-75-26-25-74-24-23-64-34-44(61-62-64)16-18-63-19-21-65(22-20-63)79(72,73)46-14-12-43(13-15-46)59-53(71)56-33-40-7-6-17-55-32-40/h6-15,17,32,34,37-38,45,47,50,67H,16,18-31,33,35-36H2,1-5H3,(H,58,69)(H,60,68)(H2,56,59,71). The summed E-state index contributed by atoms with van der Waals surface area (Å²) in [6, 6.07) is 15.0. The van der Waals surface area contributed by atoms with Crippen molar-refractivity contribution in [2.24, 2.45) is 5.41 Å². The number of amides is 5. The summed E-state index contributed by atoms with van der Waals surface area (Å²) in [7, 11) is -3.70. The topological polar surface area (TPSA) is 274 Å². The molecule has 0 spiro atoms. The van der Waals surface area contributed by atoms with Crippen molar-refractivity contribution in [3.8, 4) is 10.4 Å². The highest BCUT2D eigenvalue weighted by molar-refractivity contribution is 7.89. The number of piperazine rings is 1. The minimum atomic E-state index is -3.70. The van der Waals surface area contributed by atoms with E-state index < -0.39 is 51.5 Å². The average Bonchev–Trinajstić information content (AvgIpc) is 4.26. The number of likely N-dealkylation sites (tertiary alicyclic amines) is 1. The number of carbonyl (C=O) groups is 4. The Morgan fingerprint density at radius 3 is 2.19 bits per heavy atom. The van der Waals surface area contributed by atoms with Gasteiger partial charge in [0.2, 0.25) is 27.7 Å². The molecule has 4 unspecified atom stereocenters. The molecular formula is C54H74N12O11S2. The first-order chi connectivity index (χ1) is 37.9. The minimum absolute atomic E-state index is 0.0317. The van der Waals surface area contributed by atoms with Crippen LogP contribution in [0.25, 0.3) is 10.4 Å². The van der Waals surface area contributed by atoms with Gasteiger partial charge >= 0.3 is 6.03 Å². The van der Waals surface area contributed by atoms with Crippen LogP contribution in [0.3, 0.4) is 0 Å². The van der Waals surface area contributed by atoms with Gasteiger partial charge < -0.3 is 55.1 Å². The maximum Gasteiger partial charge on any atom is 0.319 e. The van der Waals surface area contributed by atoms with Gasteiger partial charge in [-0.05, 0) is 66.3 Å². The molecule has 79 heavy (non-hydrogen) atoms. The van der Waals surface area contributed by atoms with E-state index in [1.807, 2.05) is 76.7 Å². The molecule has 0 bridgehead atoms. The smallest absolute Gasteiger partial charge is 0.319 e. The highest BCUT2D eigenvalue weighted by Gasteiger charge is 2.45. The van der Waals surface area contributed by atoms with Crippen LogP contribution in [0.15, 0.2) is 89.7 Å².